The average molecular weight is 200 g/mol. The molecule has 0 radical (unpaired) electrons. The van der Waals surface area contributed by atoms with Gasteiger partial charge in [0, 0.05) is 19.6 Å². The molecule has 2 saturated heterocycles. The molecule has 0 bridgehead atoms. The van der Waals surface area contributed by atoms with Gasteiger partial charge in [0.05, 0.1) is 18.8 Å². The maximum absolute atomic E-state index is 11.8. The van der Waals surface area contributed by atoms with Gasteiger partial charge >= 0.3 is 0 Å². The number of nitrogens with zero attached hydrogens (tertiary/aromatic N) is 1. The predicted octanol–water partition coefficient (Wildman–Crippen LogP) is -1.43. The lowest BCUT2D eigenvalue weighted by Gasteiger charge is -2.40. The molecule has 14 heavy (non-hydrogen) atoms. The fraction of sp³-hybridized carbons (Fsp3) is 0.889. The van der Waals surface area contributed by atoms with Gasteiger partial charge < -0.3 is 20.1 Å². The van der Waals surface area contributed by atoms with E-state index in [-0.39, 0.29) is 24.2 Å². The number of amides is 1. The number of ether oxygens (including phenoxy) is 1. The van der Waals surface area contributed by atoms with E-state index in [1.165, 1.54) is 0 Å². The topological polar surface area (TPSA) is 61.8 Å². The van der Waals surface area contributed by atoms with E-state index in [9.17, 15) is 4.79 Å². The van der Waals surface area contributed by atoms with E-state index in [0.29, 0.717) is 19.7 Å². The van der Waals surface area contributed by atoms with Crippen LogP contribution < -0.4 is 5.32 Å². The first-order chi connectivity index (χ1) is 6.68. The monoisotopic (exact) mass is 200 g/mol. The van der Waals surface area contributed by atoms with Crippen molar-refractivity contribution in [1.29, 1.82) is 0 Å². The Balaban J connectivity index is 1.90. The second-order valence-electron chi connectivity index (χ2n) is 3.90. The largest absolute Gasteiger partial charge is 0.389 e. The average Bonchev–Trinajstić information content (AvgIpc) is 2.13. The summed E-state index contributed by atoms with van der Waals surface area (Å²) in [6.45, 7) is 4.20. The summed E-state index contributed by atoms with van der Waals surface area (Å²) in [6.07, 6.45) is -0.409. The number of hydrogen-bond acceptors (Lipinski definition) is 4. The van der Waals surface area contributed by atoms with Crippen LogP contribution in [0.1, 0.15) is 6.92 Å². The summed E-state index contributed by atoms with van der Waals surface area (Å²) in [5.74, 6) is 0.0440. The number of carbonyl (C=O) groups is 1. The minimum absolute atomic E-state index is 0.0440. The fourth-order valence-corrected chi connectivity index (χ4v) is 1.84. The molecule has 80 valence electrons. The third-order valence-electron chi connectivity index (χ3n) is 2.76. The Labute approximate surface area is 83.0 Å². The predicted molar refractivity (Wildman–Crippen MR) is 49.8 cm³/mol. The van der Waals surface area contributed by atoms with Gasteiger partial charge in [-0.25, -0.2) is 0 Å². The van der Waals surface area contributed by atoms with Crippen molar-refractivity contribution in [3.8, 4) is 0 Å². The first-order valence-electron chi connectivity index (χ1n) is 5.00. The maximum atomic E-state index is 11.8. The highest BCUT2D eigenvalue weighted by atomic mass is 16.5. The van der Waals surface area contributed by atoms with E-state index >= 15 is 0 Å². The van der Waals surface area contributed by atoms with Gasteiger partial charge in [-0.15, -0.1) is 0 Å². The standard InChI is InChI=1S/C9H16N2O3/c1-6-8(10-2-3-14-6)9(13)11-4-7(12)5-11/h6-8,10,12H,2-5H2,1H3. The van der Waals surface area contributed by atoms with Crippen molar-refractivity contribution in [1.82, 2.24) is 10.2 Å². The van der Waals surface area contributed by atoms with Gasteiger partial charge in [-0.05, 0) is 6.92 Å². The number of carbonyl (C=O) groups excluding carboxylic acids is 1. The van der Waals surface area contributed by atoms with Gasteiger partial charge in [-0.3, -0.25) is 4.79 Å². The molecule has 2 atom stereocenters. The summed E-state index contributed by atoms with van der Waals surface area (Å²) < 4.78 is 5.38. The summed E-state index contributed by atoms with van der Waals surface area (Å²) in [7, 11) is 0. The van der Waals surface area contributed by atoms with Crippen molar-refractivity contribution >= 4 is 5.91 Å². The Hall–Kier alpha value is -0.650. The van der Waals surface area contributed by atoms with Crippen LogP contribution >= 0.6 is 0 Å². The van der Waals surface area contributed by atoms with E-state index in [1.54, 1.807) is 4.90 Å². The normalized spacial score (nSPS) is 34.0. The molecular formula is C9H16N2O3. The number of likely N-dealkylation sites (tertiary alicyclic amines) is 1. The highest BCUT2D eigenvalue weighted by Gasteiger charge is 2.37. The molecule has 2 unspecified atom stereocenters. The summed E-state index contributed by atoms with van der Waals surface area (Å²) in [4.78, 5) is 13.5. The van der Waals surface area contributed by atoms with Crippen molar-refractivity contribution in [2.45, 2.75) is 25.2 Å². The number of morpholine rings is 1. The second-order valence-corrected chi connectivity index (χ2v) is 3.90. The van der Waals surface area contributed by atoms with Crippen molar-refractivity contribution in [3.63, 3.8) is 0 Å². The second kappa shape index (κ2) is 3.84. The molecule has 5 nitrogen and oxygen atoms in total. The summed E-state index contributed by atoms with van der Waals surface area (Å²) >= 11 is 0. The molecule has 0 spiro atoms. The van der Waals surface area contributed by atoms with Crippen LogP contribution in [0.2, 0.25) is 0 Å². The Morgan fingerprint density at radius 1 is 1.57 bits per heavy atom. The van der Waals surface area contributed by atoms with Crippen LogP contribution in [0.4, 0.5) is 0 Å². The molecule has 2 heterocycles. The van der Waals surface area contributed by atoms with Gasteiger partial charge in [0.1, 0.15) is 6.04 Å². The number of rotatable bonds is 1. The van der Waals surface area contributed by atoms with Gasteiger partial charge in [0.15, 0.2) is 0 Å². The van der Waals surface area contributed by atoms with Crippen LogP contribution in [0, 0.1) is 0 Å². The van der Waals surface area contributed by atoms with E-state index in [4.69, 9.17) is 9.84 Å². The van der Waals surface area contributed by atoms with Crippen molar-refractivity contribution in [2.24, 2.45) is 0 Å². The maximum Gasteiger partial charge on any atom is 0.242 e. The molecule has 1 amide bonds. The Morgan fingerprint density at radius 3 is 2.86 bits per heavy atom. The molecule has 5 heteroatoms. The molecule has 0 aromatic carbocycles. The molecule has 2 aliphatic heterocycles. The van der Waals surface area contributed by atoms with Crippen LogP contribution in [-0.2, 0) is 9.53 Å². The molecule has 2 rings (SSSR count). The molecule has 0 aliphatic carbocycles. The van der Waals surface area contributed by atoms with Crippen molar-refractivity contribution in [3.05, 3.63) is 0 Å². The first-order valence-corrected chi connectivity index (χ1v) is 5.00. The van der Waals surface area contributed by atoms with Crippen LogP contribution in [-0.4, -0.2) is 60.4 Å². The quantitative estimate of drug-likeness (QED) is 0.544. The van der Waals surface area contributed by atoms with E-state index < -0.39 is 0 Å². The molecule has 2 aliphatic rings. The number of nitrogens with one attached hydrogen (secondary N) is 1. The smallest absolute Gasteiger partial charge is 0.242 e. The Kier molecular flexibility index (Phi) is 2.71. The van der Waals surface area contributed by atoms with Crippen LogP contribution in [0.25, 0.3) is 0 Å². The first kappa shape index (κ1) is 9.89. The number of hydrogen-bond donors (Lipinski definition) is 2. The van der Waals surface area contributed by atoms with Gasteiger partial charge in [0.25, 0.3) is 0 Å². The molecule has 0 saturated carbocycles. The molecule has 2 fully saturated rings. The minimum atomic E-state index is -0.334. The molecule has 2 N–H and O–H groups in total. The summed E-state index contributed by atoms with van der Waals surface area (Å²) in [6, 6.07) is -0.240. The number of β-amino-alcohol motifs (C(OH)–C–C–N with tert-alkyl or cyclic N) is 1. The SMILES string of the molecule is CC1OCCNC1C(=O)N1CC(O)C1. The van der Waals surface area contributed by atoms with Crippen LogP contribution in [0.5, 0.6) is 0 Å². The summed E-state index contributed by atoms with van der Waals surface area (Å²) in [5, 5.41) is 12.2. The fourth-order valence-electron chi connectivity index (χ4n) is 1.84. The highest BCUT2D eigenvalue weighted by Crippen LogP contribution is 2.13. The lowest BCUT2D eigenvalue weighted by Crippen LogP contribution is -2.62. The minimum Gasteiger partial charge on any atom is -0.389 e. The number of aliphatic hydroxyl groups is 1. The van der Waals surface area contributed by atoms with Gasteiger partial charge in [-0.1, -0.05) is 0 Å². The number of aliphatic hydroxyl groups excluding tert-OH is 1. The molecule has 0 aromatic rings. The Morgan fingerprint density at radius 2 is 2.29 bits per heavy atom. The van der Waals surface area contributed by atoms with Crippen molar-refractivity contribution < 1.29 is 14.6 Å². The Bertz CT molecular complexity index is 228. The summed E-state index contributed by atoms with van der Waals surface area (Å²) in [5.41, 5.74) is 0. The van der Waals surface area contributed by atoms with E-state index in [2.05, 4.69) is 5.32 Å². The van der Waals surface area contributed by atoms with Gasteiger partial charge in [0.2, 0.25) is 5.91 Å². The third kappa shape index (κ3) is 1.75. The van der Waals surface area contributed by atoms with E-state index in [0.717, 1.165) is 6.54 Å². The highest BCUT2D eigenvalue weighted by molar-refractivity contribution is 5.83. The zero-order chi connectivity index (χ0) is 10.1. The van der Waals surface area contributed by atoms with Crippen LogP contribution in [0.3, 0.4) is 0 Å². The van der Waals surface area contributed by atoms with Gasteiger partial charge in [-0.2, -0.15) is 0 Å². The van der Waals surface area contributed by atoms with Crippen LogP contribution in [0.15, 0.2) is 0 Å². The third-order valence-corrected chi connectivity index (χ3v) is 2.76. The van der Waals surface area contributed by atoms with E-state index in [1.807, 2.05) is 6.92 Å². The molecule has 0 aromatic heterocycles. The zero-order valence-electron chi connectivity index (χ0n) is 8.27. The molecular weight excluding hydrogens is 184 g/mol. The van der Waals surface area contributed by atoms with Crippen molar-refractivity contribution in [2.75, 3.05) is 26.2 Å². The zero-order valence-corrected chi connectivity index (χ0v) is 8.27. The lowest BCUT2D eigenvalue weighted by atomic mass is 10.1. The lowest BCUT2D eigenvalue weighted by molar-refractivity contribution is -0.149.